The summed E-state index contributed by atoms with van der Waals surface area (Å²) in [5.41, 5.74) is 1.94. The Morgan fingerprint density at radius 2 is 1.67 bits per heavy atom. The lowest BCUT2D eigenvalue weighted by Crippen LogP contribution is -2.31. The highest BCUT2D eigenvalue weighted by Crippen LogP contribution is 2.32. The van der Waals surface area contributed by atoms with E-state index < -0.39 is 0 Å². The van der Waals surface area contributed by atoms with Crippen molar-refractivity contribution in [1.82, 2.24) is 4.90 Å². The van der Waals surface area contributed by atoms with Crippen molar-refractivity contribution in [1.29, 1.82) is 0 Å². The Balaban J connectivity index is 1.77. The van der Waals surface area contributed by atoms with E-state index in [-0.39, 0.29) is 11.2 Å². The average molecular weight is 426 g/mol. The number of amidine groups is 1. The van der Waals surface area contributed by atoms with Crippen LogP contribution in [0, 0.1) is 0 Å². The van der Waals surface area contributed by atoms with Crippen molar-refractivity contribution < 1.29 is 14.3 Å². The van der Waals surface area contributed by atoms with Crippen LogP contribution in [0.4, 0.5) is 0 Å². The number of unbranched alkanes of at least 4 members (excludes halogenated alkanes) is 1. The third-order valence-electron chi connectivity index (χ3n) is 4.81. The van der Waals surface area contributed by atoms with E-state index in [1.807, 2.05) is 48.5 Å². The van der Waals surface area contributed by atoms with Crippen LogP contribution >= 0.6 is 11.8 Å². The number of nitrogens with zero attached hydrogens (tertiary/aromatic N) is 3. The van der Waals surface area contributed by atoms with E-state index in [2.05, 4.69) is 17.1 Å². The molecule has 0 radical (unpaired) electrons. The molecule has 0 saturated carbocycles. The van der Waals surface area contributed by atoms with Crippen LogP contribution in [0.15, 0.2) is 58.7 Å². The summed E-state index contributed by atoms with van der Waals surface area (Å²) in [6, 6.07) is 15.3. The second-order valence-corrected chi connectivity index (χ2v) is 8.09. The van der Waals surface area contributed by atoms with Gasteiger partial charge in [0.15, 0.2) is 5.17 Å². The average Bonchev–Trinajstić information content (AvgIpc) is 3.07. The molecule has 0 aromatic heterocycles. The Morgan fingerprint density at radius 3 is 2.27 bits per heavy atom. The molecule has 158 valence electrons. The second kappa shape index (κ2) is 10.8. The number of hydrogen-bond acceptors (Lipinski definition) is 6. The fraction of sp³-hybridized carbons (Fsp3) is 0.348. The first-order valence-corrected chi connectivity index (χ1v) is 10.9. The Morgan fingerprint density at radius 1 is 1.03 bits per heavy atom. The van der Waals surface area contributed by atoms with Gasteiger partial charge >= 0.3 is 0 Å². The summed E-state index contributed by atoms with van der Waals surface area (Å²) >= 11 is 1.50. The van der Waals surface area contributed by atoms with Crippen molar-refractivity contribution >= 4 is 29.1 Å². The standard InChI is InChI=1S/C23H27N3O3S/c1-4-5-6-21-22(27)26(16-18-9-13-20(29-3)14-10-18)23(30-21)25-24-15-17-7-11-19(28-2)12-8-17/h7-15,21H,4-6,16H2,1-3H3. The third kappa shape index (κ3) is 5.63. The molecule has 1 heterocycles. The van der Waals surface area contributed by atoms with Gasteiger partial charge in [0.2, 0.25) is 5.91 Å². The normalized spacial score (nSPS) is 17.8. The van der Waals surface area contributed by atoms with Gasteiger partial charge in [0.05, 0.1) is 32.2 Å². The van der Waals surface area contributed by atoms with Crippen LogP contribution in [0.25, 0.3) is 0 Å². The molecule has 6 nitrogen and oxygen atoms in total. The van der Waals surface area contributed by atoms with Crippen LogP contribution in [0.2, 0.25) is 0 Å². The van der Waals surface area contributed by atoms with Gasteiger partial charge < -0.3 is 9.47 Å². The summed E-state index contributed by atoms with van der Waals surface area (Å²) in [4.78, 5) is 14.7. The van der Waals surface area contributed by atoms with Gasteiger partial charge in [-0.15, -0.1) is 5.10 Å². The highest BCUT2D eigenvalue weighted by Gasteiger charge is 2.37. The van der Waals surface area contributed by atoms with Gasteiger partial charge in [0.25, 0.3) is 0 Å². The smallest absolute Gasteiger partial charge is 0.242 e. The van der Waals surface area contributed by atoms with Gasteiger partial charge in [-0.2, -0.15) is 5.10 Å². The highest BCUT2D eigenvalue weighted by atomic mass is 32.2. The highest BCUT2D eigenvalue weighted by molar-refractivity contribution is 8.15. The predicted octanol–water partition coefficient (Wildman–Crippen LogP) is 4.73. The summed E-state index contributed by atoms with van der Waals surface area (Å²) in [7, 11) is 3.27. The van der Waals surface area contributed by atoms with E-state index in [1.165, 1.54) is 11.8 Å². The summed E-state index contributed by atoms with van der Waals surface area (Å²) in [6.45, 7) is 2.60. The van der Waals surface area contributed by atoms with E-state index in [4.69, 9.17) is 9.47 Å². The molecule has 1 aliphatic heterocycles. The molecule has 1 atom stereocenters. The summed E-state index contributed by atoms with van der Waals surface area (Å²) in [6.07, 6.45) is 4.61. The molecule has 3 rings (SSSR count). The first-order valence-electron chi connectivity index (χ1n) is 10.0. The Kier molecular flexibility index (Phi) is 7.90. The minimum absolute atomic E-state index is 0.0989. The number of hydrogen-bond donors (Lipinski definition) is 0. The fourth-order valence-corrected chi connectivity index (χ4v) is 4.20. The lowest BCUT2D eigenvalue weighted by atomic mass is 10.1. The number of carbonyl (C=O) groups is 1. The Hall–Kier alpha value is -2.80. The lowest BCUT2D eigenvalue weighted by molar-refractivity contribution is -0.126. The molecule has 7 heteroatoms. The number of benzene rings is 2. The van der Waals surface area contributed by atoms with E-state index in [9.17, 15) is 4.79 Å². The van der Waals surface area contributed by atoms with Crippen LogP contribution in [-0.4, -0.2) is 41.7 Å². The van der Waals surface area contributed by atoms with E-state index in [0.717, 1.165) is 41.9 Å². The summed E-state index contributed by atoms with van der Waals surface area (Å²) in [5.74, 6) is 1.68. The van der Waals surface area contributed by atoms with Crippen molar-refractivity contribution in [3.63, 3.8) is 0 Å². The van der Waals surface area contributed by atoms with Crippen LogP contribution < -0.4 is 9.47 Å². The molecule has 0 aliphatic carbocycles. The number of amides is 1. The minimum atomic E-state index is -0.0989. The molecule has 1 amide bonds. The van der Waals surface area contributed by atoms with E-state index in [1.54, 1.807) is 25.3 Å². The predicted molar refractivity (Wildman–Crippen MR) is 122 cm³/mol. The van der Waals surface area contributed by atoms with Gasteiger partial charge in [-0.1, -0.05) is 43.7 Å². The quantitative estimate of drug-likeness (QED) is 0.430. The van der Waals surface area contributed by atoms with Crippen LogP contribution in [-0.2, 0) is 11.3 Å². The number of thioether (sulfide) groups is 1. The maximum absolute atomic E-state index is 13.0. The van der Waals surface area contributed by atoms with Crippen molar-refractivity contribution in [3.8, 4) is 11.5 Å². The monoisotopic (exact) mass is 425 g/mol. The molecule has 0 N–H and O–H groups in total. The maximum Gasteiger partial charge on any atom is 0.242 e. The van der Waals surface area contributed by atoms with Crippen molar-refractivity contribution in [3.05, 3.63) is 59.7 Å². The molecule has 1 fully saturated rings. The molecule has 2 aromatic rings. The fourth-order valence-electron chi connectivity index (χ4n) is 3.05. The Labute approximate surface area is 182 Å². The zero-order valence-corrected chi connectivity index (χ0v) is 18.4. The molecule has 1 aliphatic rings. The van der Waals surface area contributed by atoms with Crippen LogP contribution in [0.3, 0.4) is 0 Å². The van der Waals surface area contributed by atoms with Gasteiger partial charge in [-0.25, -0.2) is 0 Å². The summed E-state index contributed by atoms with van der Waals surface area (Å²) < 4.78 is 10.4. The van der Waals surface area contributed by atoms with Gasteiger partial charge in [0.1, 0.15) is 11.5 Å². The van der Waals surface area contributed by atoms with Gasteiger partial charge in [0, 0.05) is 0 Å². The Bertz CT molecular complexity index is 895. The lowest BCUT2D eigenvalue weighted by Gasteiger charge is -2.16. The molecule has 2 aromatic carbocycles. The van der Waals surface area contributed by atoms with Crippen LogP contribution in [0.5, 0.6) is 11.5 Å². The molecule has 1 unspecified atom stereocenters. The largest absolute Gasteiger partial charge is 0.497 e. The number of carbonyl (C=O) groups excluding carboxylic acids is 1. The maximum atomic E-state index is 13.0. The summed E-state index contributed by atoms with van der Waals surface area (Å²) in [5, 5.41) is 9.16. The van der Waals surface area contributed by atoms with E-state index >= 15 is 0 Å². The van der Waals surface area contributed by atoms with Gasteiger partial charge in [-0.3, -0.25) is 9.69 Å². The molecule has 1 saturated heterocycles. The zero-order chi connectivity index (χ0) is 21.3. The molecule has 0 bridgehead atoms. The van der Waals surface area contributed by atoms with Crippen LogP contribution in [0.1, 0.15) is 37.3 Å². The van der Waals surface area contributed by atoms with Crippen molar-refractivity contribution in [2.45, 2.75) is 38.0 Å². The van der Waals surface area contributed by atoms with Gasteiger partial charge in [-0.05, 0) is 53.9 Å². The van der Waals surface area contributed by atoms with E-state index in [0.29, 0.717) is 11.7 Å². The van der Waals surface area contributed by atoms with Crippen molar-refractivity contribution in [2.24, 2.45) is 10.2 Å². The first kappa shape index (κ1) is 21.9. The molecule has 0 spiro atoms. The molecular weight excluding hydrogens is 398 g/mol. The number of methoxy groups -OCH3 is 2. The number of rotatable bonds is 9. The minimum Gasteiger partial charge on any atom is -0.497 e. The number of ether oxygens (including phenoxy) is 2. The second-order valence-electron chi connectivity index (χ2n) is 6.92. The van der Waals surface area contributed by atoms with Crippen molar-refractivity contribution in [2.75, 3.05) is 14.2 Å². The topological polar surface area (TPSA) is 63.5 Å². The zero-order valence-electron chi connectivity index (χ0n) is 17.6. The first-order chi connectivity index (χ1) is 14.6. The SMILES string of the molecule is CCCCC1SC(=NN=Cc2ccc(OC)cc2)N(Cc2ccc(OC)cc2)C1=O. The third-order valence-corrected chi connectivity index (χ3v) is 6.04. The molecular formula is C23H27N3O3S. The molecule has 30 heavy (non-hydrogen) atoms.